The van der Waals surface area contributed by atoms with E-state index in [9.17, 15) is 4.79 Å². The summed E-state index contributed by atoms with van der Waals surface area (Å²) in [6, 6.07) is 26.3. The summed E-state index contributed by atoms with van der Waals surface area (Å²) in [5.41, 5.74) is 3.72. The number of amides is 1. The number of rotatable bonds is 15. The highest BCUT2D eigenvalue weighted by molar-refractivity contribution is 5.77. The lowest BCUT2D eigenvalue weighted by Gasteiger charge is -2.19. The van der Waals surface area contributed by atoms with E-state index in [1.807, 2.05) is 36.4 Å². The Hall–Kier alpha value is -3.80. The minimum absolute atomic E-state index is 0.0442. The predicted octanol–water partition coefficient (Wildman–Crippen LogP) is 7.10. The van der Waals surface area contributed by atoms with E-state index in [1.54, 1.807) is 0 Å². The van der Waals surface area contributed by atoms with E-state index >= 15 is 0 Å². The highest BCUT2D eigenvalue weighted by Gasteiger charge is 2.13. The van der Waals surface area contributed by atoms with E-state index in [2.05, 4.69) is 73.1 Å². The third kappa shape index (κ3) is 8.87. The molecule has 0 fully saturated rings. The van der Waals surface area contributed by atoms with Crippen molar-refractivity contribution < 1.29 is 14.3 Å². The van der Waals surface area contributed by atoms with Crippen LogP contribution in [0.3, 0.4) is 0 Å². The number of benzene rings is 3. The summed E-state index contributed by atoms with van der Waals surface area (Å²) < 4.78 is 13.9. The van der Waals surface area contributed by atoms with Crippen molar-refractivity contribution in [2.75, 3.05) is 19.8 Å². The Morgan fingerprint density at radius 2 is 1.52 bits per heavy atom. The minimum atomic E-state index is -0.0865. The fourth-order valence-electron chi connectivity index (χ4n) is 4.71. The Balaban J connectivity index is 1.17. The van der Waals surface area contributed by atoms with Gasteiger partial charge < -0.3 is 19.4 Å². The number of aryl methyl sites for hydroxylation is 2. The molecule has 0 aliphatic rings. The minimum Gasteiger partial charge on any atom is -0.494 e. The van der Waals surface area contributed by atoms with Crippen molar-refractivity contribution in [2.24, 2.45) is 0 Å². The van der Waals surface area contributed by atoms with Crippen molar-refractivity contribution in [3.05, 3.63) is 90.3 Å². The van der Waals surface area contributed by atoms with Crippen LogP contribution in [0.2, 0.25) is 0 Å². The Kier molecular flexibility index (Phi) is 10.6. The summed E-state index contributed by atoms with van der Waals surface area (Å²) >= 11 is 0. The first-order valence-electron chi connectivity index (χ1n) is 14.5. The molecular weight excluding hydrogens is 498 g/mol. The summed E-state index contributed by atoms with van der Waals surface area (Å²) in [5.74, 6) is 2.69. The normalized spacial score (nSPS) is 11.5. The number of para-hydroxylation sites is 3. The van der Waals surface area contributed by atoms with Gasteiger partial charge in [0.05, 0.1) is 17.6 Å². The second-order valence-corrected chi connectivity index (χ2v) is 11.3. The average Bonchev–Trinajstić information content (AvgIpc) is 3.31. The topological polar surface area (TPSA) is 65.4 Å². The zero-order chi connectivity index (χ0) is 28.2. The number of carbonyl (C=O) groups is 1. The summed E-state index contributed by atoms with van der Waals surface area (Å²) in [4.78, 5) is 17.0. The highest BCUT2D eigenvalue weighted by Crippen LogP contribution is 2.24. The van der Waals surface area contributed by atoms with Gasteiger partial charge in [0.15, 0.2) is 6.61 Å². The molecule has 40 heavy (non-hydrogen) atoms. The van der Waals surface area contributed by atoms with Crippen molar-refractivity contribution in [2.45, 2.75) is 71.3 Å². The van der Waals surface area contributed by atoms with Crippen LogP contribution in [0.15, 0.2) is 78.9 Å². The maximum Gasteiger partial charge on any atom is 0.257 e. The fourth-order valence-corrected chi connectivity index (χ4v) is 4.71. The molecule has 0 aliphatic heterocycles. The number of hydrogen-bond donors (Lipinski definition) is 1. The van der Waals surface area contributed by atoms with E-state index in [-0.39, 0.29) is 17.9 Å². The Morgan fingerprint density at radius 3 is 2.30 bits per heavy atom. The van der Waals surface area contributed by atoms with Crippen molar-refractivity contribution in [3.63, 3.8) is 0 Å². The van der Waals surface area contributed by atoms with Crippen LogP contribution in [0.4, 0.5) is 0 Å². The van der Waals surface area contributed by atoms with Gasteiger partial charge in [-0.1, -0.05) is 69.7 Å². The van der Waals surface area contributed by atoms with Gasteiger partial charge in [-0.3, -0.25) is 4.79 Å². The van der Waals surface area contributed by atoms with Crippen LogP contribution in [-0.4, -0.2) is 35.2 Å². The molecule has 4 rings (SSSR count). The monoisotopic (exact) mass is 541 g/mol. The van der Waals surface area contributed by atoms with Crippen LogP contribution in [-0.2, 0) is 23.2 Å². The highest BCUT2D eigenvalue weighted by atomic mass is 16.5. The molecule has 6 heteroatoms. The number of fused-ring (bicyclic) bond motifs is 1. The van der Waals surface area contributed by atoms with Gasteiger partial charge in [0.25, 0.3) is 5.91 Å². The van der Waals surface area contributed by atoms with E-state index in [1.165, 1.54) is 11.1 Å². The maximum absolute atomic E-state index is 12.0. The molecule has 0 saturated heterocycles. The molecule has 0 radical (unpaired) electrons. The molecule has 1 amide bonds. The number of nitrogens with one attached hydrogen (secondary N) is 1. The SMILES string of the molecule is CC(C)(C)c1ccc(OCCCCn2c(CCCCCNC(=O)COc3ccccc3)nc3ccccc32)cc1. The number of hydrogen-bond acceptors (Lipinski definition) is 4. The zero-order valence-corrected chi connectivity index (χ0v) is 24.2. The molecule has 212 valence electrons. The van der Waals surface area contributed by atoms with Gasteiger partial charge in [0, 0.05) is 19.5 Å². The van der Waals surface area contributed by atoms with E-state index in [4.69, 9.17) is 14.5 Å². The summed E-state index contributed by atoms with van der Waals surface area (Å²) in [6.07, 6.45) is 5.95. The quantitative estimate of drug-likeness (QED) is 0.163. The molecule has 0 spiro atoms. The number of ether oxygens (including phenoxy) is 2. The first-order valence-corrected chi connectivity index (χ1v) is 14.5. The molecule has 0 unspecified atom stereocenters. The molecule has 1 aromatic heterocycles. The van der Waals surface area contributed by atoms with Gasteiger partial charge in [-0.15, -0.1) is 0 Å². The smallest absolute Gasteiger partial charge is 0.257 e. The van der Waals surface area contributed by atoms with Crippen LogP contribution >= 0.6 is 0 Å². The van der Waals surface area contributed by atoms with Gasteiger partial charge in [-0.05, 0) is 73.1 Å². The fraction of sp³-hybridized carbons (Fsp3) is 0.412. The summed E-state index contributed by atoms with van der Waals surface area (Å²) in [6.45, 7) is 9.01. The molecule has 1 N–H and O–H groups in total. The largest absolute Gasteiger partial charge is 0.494 e. The molecule has 3 aromatic carbocycles. The molecule has 6 nitrogen and oxygen atoms in total. The van der Waals surface area contributed by atoms with Crippen molar-refractivity contribution >= 4 is 16.9 Å². The van der Waals surface area contributed by atoms with Crippen LogP contribution in [0.5, 0.6) is 11.5 Å². The second kappa shape index (κ2) is 14.5. The van der Waals surface area contributed by atoms with Crippen LogP contribution in [0, 0.1) is 0 Å². The van der Waals surface area contributed by atoms with Crippen LogP contribution in [0.25, 0.3) is 11.0 Å². The molecule has 0 bridgehead atoms. The lowest BCUT2D eigenvalue weighted by molar-refractivity contribution is -0.123. The standard InChI is InChI=1S/C34H43N3O3/c1-34(2,3)27-19-21-29(22-20-27)39-25-13-12-24-37-31-17-10-9-16-30(31)36-32(37)18-8-5-11-23-35-33(38)26-40-28-14-6-4-7-15-28/h4,6-7,9-10,14-17,19-22H,5,8,11-13,18,23-26H2,1-3H3,(H,35,38). The Morgan fingerprint density at radius 1 is 0.800 bits per heavy atom. The van der Waals surface area contributed by atoms with Crippen molar-refractivity contribution in [1.82, 2.24) is 14.9 Å². The van der Waals surface area contributed by atoms with Gasteiger partial charge in [0.1, 0.15) is 17.3 Å². The number of imidazole rings is 1. The lowest BCUT2D eigenvalue weighted by Crippen LogP contribution is -2.29. The molecular formula is C34H43N3O3. The van der Waals surface area contributed by atoms with Crippen molar-refractivity contribution in [1.29, 1.82) is 0 Å². The van der Waals surface area contributed by atoms with E-state index < -0.39 is 0 Å². The number of unbranched alkanes of at least 4 members (excludes halogenated alkanes) is 3. The third-order valence-electron chi connectivity index (χ3n) is 7.01. The van der Waals surface area contributed by atoms with Crippen molar-refractivity contribution in [3.8, 4) is 11.5 Å². The van der Waals surface area contributed by atoms with E-state index in [0.29, 0.717) is 18.9 Å². The number of aromatic nitrogens is 2. The lowest BCUT2D eigenvalue weighted by atomic mass is 9.87. The van der Waals surface area contributed by atoms with Gasteiger partial charge >= 0.3 is 0 Å². The summed E-state index contributed by atoms with van der Waals surface area (Å²) in [7, 11) is 0. The molecule has 0 aliphatic carbocycles. The maximum atomic E-state index is 12.0. The molecule has 0 saturated carbocycles. The second-order valence-electron chi connectivity index (χ2n) is 11.3. The predicted molar refractivity (Wildman–Crippen MR) is 162 cm³/mol. The first-order chi connectivity index (χ1) is 19.4. The Bertz CT molecular complexity index is 1320. The number of carbonyl (C=O) groups excluding carboxylic acids is 1. The molecule has 1 heterocycles. The zero-order valence-electron chi connectivity index (χ0n) is 24.2. The van der Waals surface area contributed by atoms with Gasteiger partial charge in [-0.2, -0.15) is 0 Å². The van der Waals surface area contributed by atoms with E-state index in [0.717, 1.165) is 62.2 Å². The van der Waals surface area contributed by atoms with Crippen LogP contribution < -0.4 is 14.8 Å². The third-order valence-corrected chi connectivity index (χ3v) is 7.01. The summed E-state index contributed by atoms with van der Waals surface area (Å²) in [5, 5.41) is 2.95. The Labute approximate surface area is 238 Å². The van der Waals surface area contributed by atoms with Gasteiger partial charge in [0.2, 0.25) is 0 Å². The molecule has 4 aromatic rings. The average molecular weight is 542 g/mol. The first kappa shape index (κ1) is 29.2. The number of nitrogens with zero attached hydrogens (tertiary/aromatic N) is 2. The van der Waals surface area contributed by atoms with Gasteiger partial charge in [-0.25, -0.2) is 4.98 Å². The van der Waals surface area contributed by atoms with Crippen LogP contribution in [0.1, 0.15) is 64.3 Å². The molecule has 0 atom stereocenters.